The molecule has 5 heteroatoms. The molecule has 1 aromatic rings. The van der Waals surface area contributed by atoms with Crippen LogP contribution in [0.3, 0.4) is 0 Å². The highest BCUT2D eigenvalue weighted by Gasteiger charge is 2.33. The summed E-state index contributed by atoms with van der Waals surface area (Å²) in [5.41, 5.74) is 0. The Bertz CT molecular complexity index is 438. The molecule has 1 aliphatic rings. The molecule has 0 aliphatic heterocycles. The lowest BCUT2D eigenvalue weighted by Gasteiger charge is -2.13. The third kappa shape index (κ3) is 6.91. The van der Waals surface area contributed by atoms with Crippen molar-refractivity contribution in [2.24, 2.45) is 10.9 Å². The molecule has 1 fully saturated rings. The second-order valence-electron chi connectivity index (χ2n) is 5.42. The quantitative estimate of drug-likeness (QED) is 0.319. The Balaban J connectivity index is 0.00000220. The first kappa shape index (κ1) is 18.6. The van der Waals surface area contributed by atoms with E-state index in [0.717, 1.165) is 25.0 Å². The average molecular weight is 419 g/mol. The molecule has 3 atom stereocenters. The molecule has 0 heterocycles. The molecule has 2 N–H and O–H groups in total. The van der Waals surface area contributed by atoms with Gasteiger partial charge in [0.15, 0.2) is 5.96 Å². The van der Waals surface area contributed by atoms with Crippen molar-refractivity contribution in [3.05, 3.63) is 30.3 Å². The predicted octanol–water partition coefficient (Wildman–Crippen LogP) is 3.75. The summed E-state index contributed by atoms with van der Waals surface area (Å²) in [6.45, 7) is 8.35. The lowest BCUT2D eigenvalue weighted by molar-refractivity contribution is 0.764. The third-order valence-electron chi connectivity index (χ3n) is 3.36. The molecule has 1 aromatic carbocycles. The van der Waals surface area contributed by atoms with Gasteiger partial charge in [-0.1, -0.05) is 32.0 Å². The summed E-state index contributed by atoms with van der Waals surface area (Å²) >= 11 is 1.88. The Morgan fingerprint density at radius 2 is 2.05 bits per heavy atom. The van der Waals surface area contributed by atoms with Crippen molar-refractivity contribution in [2.75, 3.05) is 13.1 Å². The molecule has 21 heavy (non-hydrogen) atoms. The van der Waals surface area contributed by atoms with Crippen LogP contribution >= 0.6 is 35.7 Å². The number of hydrogen-bond donors (Lipinski definition) is 2. The maximum Gasteiger partial charge on any atom is 0.191 e. The minimum atomic E-state index is 0. The van der Waals surface area contributed by atoms with E-state index in [1.165, 1.54) is 11.3 Å². The molecule has 3 unspecified atom stereocenters. The molecule has 0 aromatic heterocycles. The first-order valence-corrected chi connectivity index (χ1v) is 8.33. The fraction of sp³-hybridized carbons (Fsp3) is 0.562. The topological polar surface area (TPSA) is 36.4 Å². The normalized spacial score (nSPS) is 22.1. The highest BCUT2D eigenvalue weighted by molar-refractivity contribution is 14.0. The lowest BCUT2D eigenvalue weighted by atomic mass is 10.4. The maximum absolute atomic E-state index is 4.70. The van der Waals surface area contributed by atoms with Crippen LogP contribution in [0, 0.1) is 5.92 Å². The molecular formula is C16H26IN3S. The van der Waals surface area contributed by atoms with E-state index in [1.54, 1.807) is 0 Å². The fourth-order valence-electron chi connectivity index (χ4n) is 2.01. The number of halogens is 1. The van der Waals surface area contributed by atoms with E-state index in [4.69, 9.17) is 4.99 Å². The summed E-state index contributed by atoms with van der Waals surface area (Å²) in [5, 5.41) is 7.29. The van der Waals surface area contributed by atoms with Crippen LogP contribution in [-0.4, -0.2) is 30.3 Å². The third-order valence-corrected chi connectivity index (χ3v) is 4.46. The van der Waals surface area contributed by atoms with Gasteiger partial charge >= 0.3 is 0 Å². The number of thioether (sulfide) groups is 1. The van der Waals surface area contributed by atoms with Crippen molar-refractivity contribution in [3.8, 4) is 0 Å². The number of nitrogens with zero attached hydrogens (tertiary/aromatic N) is 1. The summed E-state index contributed by atoms with van der Waals surface area (Å²) in [5.74, 6) is 1.75. The van der Waals surface area contributed by atoms with Crippen LogP contribution in [0.5, 0.6) is 0 Å². The number of guanidine groups is 1. The van der Waals surface area contributed by atoms with Crippen molar-refractivity contribution in [1.82, 2.24) is 10.6 Å². The molecule has 0 spiro atoms. The molecule has 2 rings (SSSR count). The summed E-state index contributed by atoms with van der Waals surface area (Å²) in [6, 6.07) is 11.1. The van der Waals surface area contributed by atoms with Crippen molar-refractivity contribution in [2.45, 2.75) is 43.4 Å². The van der Waals surface area contributed by atoms with E-state index in [9.17, 15) is 0 Å². The average Bonchev–Trinajstić information content (AvgIpc) is 3.13. The Labute approximate surface area is 149 Å². The van der Waals surface area contributed by atoms with Gasteiger partial charge < -0.3 is 10.6 Å². The molecule has 0 radical (unpaired) electrons. The second kappa shape index (κ2) is 9.56. The number of aliphatic imine (C=N–C) groups is 1. The summed E-state index contributed by atoms with van der Waals surface area (Å²) in [6.07, 6.45) is 1.26. The maximum atomic E-state index is 4.70. The Kier molecular flexibility index (Phi) is 8.48. The van der Waals surface area contributed by atoms with E-state index >= 15 is 0 Å². The standard InChI is InChI=1S/C16H25N3S.HI/c1-4-17-16(19-15-10-12(15)2)18-11-13(3)20-14-8-6-5-7-9-14;/h5-9,12-13,15H,4,10-11H2,1-3H3,(H2,17,18,19);1H. The number of hydrogen-bond acceptors (Lipinski definition) is 2. The van der Waals surface area contributed by atoms with Crippen LogP contribution < -0.4 is 10.6 Å². The van der Waals surface area contributed by atoms with Gasteiger partial charge in [0.1, 0.15) is 0 Å². The monoisotopic (exact) mass is 419 g/mol. The first-order valence-electron chi connectivity index (χ1n) is 7.45. The van der Waals surface area contributed by atoms with E-state index in [-0.39, 0.29) is 24.0 Å². The van der Waals surface area contributed by atoms with Crippen molar-refractivity contribution < 1.29 is 0 Å². The zero-order valence-electron chi connectivity index (χ0n) is 13.0. The zero-order chi connectivity index (χ0) is 14.4. The van der Waals surface area contributed by atoms with Crippen LogP contribution in [0.4, 0.5) is 0 Å². The minimum Gasteiger partial charge on any atom is -0.357 e. The Morgan fingerprint density at radius 1 is 1.38 bits per heavy atom. The highest BCUT2D eigenvalue weighted by atomic mass is 127. The largest absolute Gasteiger partial charge is 0.357 e. The van der Waals surface area contributed by atoms with Gasteiger partial charge in [-0.25, -0.2) is 0 Å². The van der Waals surface area contributed by atoms with Gasteiger partial charge in [0.05, 0.1) is 6.54 Å². The molecule has 0 bridgehead atoms. The van der Waals surface area contributed by atoms with Gasteiger partial charge in [0.2, 0.25) is 0 Å². The van der Waals surface area contributed by atoms with Crippen molar-refractivity contribution in [1.29, 1.82) is 0 Å². The smallest absolute Gasteiger partial charge is 0.191 e. The number of benzene rings is 1. The van der Waals surface area contributed by atoms with E-state index in [1.807, 2.05) is 11.8 Å². The molecule has 1 aliphatic carbocycles. The van der Waals surface area contributed by atoms with Crippen LogP contribution in [0.2, 0.25) is 0 Å². The molecular weight excluding hydrogens is 393 g/mol. The SMILES string of the molecule is CCNC(=NCC(C)Sc1ccccc1)NC1CC1C.I. The van der Waals surface area contributed by atoms with E-state index in [2.05, 4.69) is 61.7 Å². The molecule has 0 saturated heterocycles. The van der Waals surface area contributed by atoms with Crippen LogP contribution in [0.1, 0.15) is 27.2 Å². The number of rotatable bonds is 6. The molecule has 118 valence electrons. The summed E-state index contributed by atoms with van der Waals surface area (Å²) in [4.78, 5) is 6.01. The predicted molar refractivity (Wildman–Crippen MR) is 104 cm³/mol. The van der Waals surface area contributed by atoms with Crippen LogP contribution in [-0.2, 0) is 0 Å². The minimum absolute atomic E-state index is 0. The number of nitrogens with one attached hydrogen (secondary N) is 2. The molecule has 1 saturated carbocycles. The zero-order valence-corrected chi connectivity index (χ0v) is 16.2. The Hall–Kier alpha value is -0.430. The molecule has 0 amide bonds. The van der Waals surface area contributed by atoms with Crippen molar-refractivity contribution in [3.63, 3.8) is 0 Å². The van der Waals surface area contributed by atoms with Gasteiger partial charge in [-0.15, -0.1) is 35.7 Å². The van der Waals surface area contributed by atoms with Crippen LogP contribution in [0.25, 0.3) is 0 Å². The van der Waals surface area contributed by atoms with E-state index < -0.39 is 0 Å². The lowest BCUT2D eigenvalue weighted by Crippen LogP contribution is -2.39. The van der Waals surface area contributed by atoms with Gasteiger partial charge in [-0.05, 0) is 31.4 Å². The highest BCUT2D eigenvalue weighted by Crippen LogP contribution is 2.28. The summed E-state index contributed by atoms with van der Waals surface area (Å²) in [7, 11) is 0. The van der Waals surface area contributed by atoms with E-state index in [0.29, 0.717) is 11.3 Å². The Morgan fingerprint density at radius 3 is 2.62 bits per heavy atom. The second-order valence-corrected chi connectivity index (χ2v) is 6.94. The van der Waals surface area contributed by atoms with Gasteiger partial charge in [-0.3, -0.25) is 4.99 Å². The summed E-state index contributed by atoms with van der Waals surface area (Å²) < 4.78 is 0. The van der Waals surface area contributed by atoms with Crippen molar-refractivity contribution >= 4 is 41.7 Å². The van der Waals surface area contributed by atoms with Gasteiger partial charge in [0, 0.05) is 22.7 Å². The molecule has 3 nitrogen and oxygen atoms in total. The van der Waals surface area contributed by atoms with Crippen LogP contribution in [0.15, 0.2) is 40.2 Å². The van der Waals surface area contributed by atoms with Gasteiger partial charge in [-0.2, -0.15) is 0 Å². The first-order chi connectivity index (χ1) is 9.69. The fourth-order valence-corrected chi connectivity index (χ4v) is 2.94. The van der Waals surface area contributed by atoms with Gasteiger partial charge in [0.25, 0.3) is 0 Å².